The summed E-state index contributed by atoms with van der Waals surface area (Å²) in [6, 6.07) is -0.796. The number of nitrogens with zero attached hydrogens (tertiary/aromatic N) is 3. The van der Waals surface area contributed by atoms with E-state index < -0.39 is 17.6 Å². The van der Waals surface area contributed by atoms with Crippen LogP contribution in [0.3, 0.4) is 0 Å². The molecule has 2 N–H and O–H groups in total. The molecule has 0 aliphatic rings. The van der Waals surface area contributed by atoms with Crippen molar-refractivity contribution in [2.45, 2.75) is 45.4 Å². The fourth-order valence-corrected chi connectivity index (χ4v) is 2.37. The Balaban J connectivity index is 2.28. The maximum Gasteiger partial charge on any atom is 0.326 e. The number of methoxy groups -OCH3 is 1. The number of aromatic nitrogens is 3. The third kappa shape index (κ3) is 4.29. The maximum absolute atomic E-state index is 12.1. The Labute approximate surface area is 140 Å². The second-order valence-corrected chi connectivity index (χ2v) is 6.46. The average Bonchev–Trinajstić information content (AvgIpc) is 2.82. The number of nitrogens with two attached hydrogens (primary N) is 1. The first-order valence-electron chi connectivity index (χ1n) is 7.54. The minimum absolute atomic E-state index is 0.0121. The third-order valence-corrected chi connectivity index (χ3v) is 3.28. The summed E-state index contributed by atoms with van der Waals surface area (Å²) in [7, 11) is 1.29. The number of fused-ring (bicyclic) bond motifs is 1. The maximum atomic E-state index is 12.1. The number of hydrogen-bond acceptors (Lipinski definition) is 7. The highest BCUT2D eigenvalue weighted by molar-refractivity contribution is 5.83. The van der Waals surface area contributed by atoms with Gasteiger partial charge in [-0.05, 0) is 26.3 Å². The van der Waals surface area contributed by atoms with Crippen LogP contribution in [0.15, 0.2) is 18.7 Å². The van der Waals surface area contributed by atoms with E-state index >= 15 is 0 Å². The summed E-state index contributed by atoms with van der Waals surface area (Å²) in [6.07, 6.45) is 5.04. The highest BCUT2D eigenvalue weighted by atomic mass is 16.6. The van der Waals surface area contributed by atoms with Crippen molar-refractivity contribution in [3.05, 3.63) is 24.3 Å². The molecular formula is C16H22N4O4. The molecule has 8 nitrogen and oxygen atoms in total. The van der Waals surface area contributed by atoms with E-state index in [1.165, 1.54) is 13.4 Å². The molecular weight excluding hydrogens is 312 g/mol. The Hall–Kier alpha value is -2.48. The zero-order valence-electron chi connectivity index (χ0n) is 14.3. The summed E-state index contributed by atoms with van der Waals surface area (Å²) >= 11 is 0. The lowest BCUT2D eigenvalue weighted by atomic mass is 10.1. The molecule has 2 aromatic rings. The van der Waals surface area contributed by atoms with Crippen LogP contribution < -0.4 is 5.73 Å². The number of esters is 2. The number of carbonyl (C=O) groups excluding carboxylic acids is 2. The highest BCUT2D eigenvalue weighted by Crippen LogP contribution is 2.20. The summed E-state index contributed by atoms with van der Waals surface area (Å²) < 4.78 is 11.7. The molecule has 0 aromatic carbocycles. The fourth-order valence-electron chi connectivity index (χ4n) is 2.37. The standard InChI is InChI=1S/C16H22N4O4/c1-16(2,3)24-13(21)8-20-7-10(5-12(17)15(22)23-4)11-6-18-9-19-14(11)20/h6-7,9,12H,5,8,17H2,1-4H3. The molecule has 0 spiro atoms. The van der Waals surface area contributed by atoms with Gasteiger partial charge in [-0.2, -0.15) is 0 Å². The van der Waals surface area contributed by atoms with E-state index in [0.717, 1.165) is 10.9 Å². The van der Waals surface area contributed by atoms with Gasteiger partial charge in [0.25, 0.3) is 0 Å². The molecule has 24 heavy (non-hydrogen) atoms. The monoisotopic (exact) mass is 334 g/mol. The van der Waals surface area contributed by atoms with Gasteiger partial charge < -0.3 is 19.8 Å². The van der Waals surface area contributed by atoms with Gasteiger partial charge in [-0.1, -0.05) is 0 Å². The Morgan fingerprint density at radius 3 is 2.71 bits per heavy atom. The van der Waals surface area contributed by atoms with Crippen molar-refractivity contribution >= 4 is 23.0 Å². The van der Waals surface area contributed by atoms with Gasteiger partial charge in [0.15, 0.2) is 0 Å². The first-order valence-corrected chi connectivity index (χ1v) is 7.54. The number of ether oxygens (including phenoxy) is 2. The summed E-state index contributed by atoms with van der Waals surface area (Å²) in [5.41, 5.74) is 6.62. The van der Waals surface area contributed by atoms with Gasteiger partial charge in [-0.25, -0.2) is 9.97 Å². The largest absolute Gasteiger partial charge is 0.468 e. The fraction of sp³-hybridized carbons (Fsp3) is 0.500. The molecule has 0 aliphatic heterocycles. The Morgan fingerprint density at radius 2 is 2.08 bits per heavy atom. The lowest BCUT2D eigenvalue weighted by Gasteiger charge is -2.19. The van der Waals surface area contributed by atoms with Crippen LogP contribution in [-0.4, -0.2) is 45.2 Å². The highest BCUT2D eigenvalue weighted by Gasteiger charge is 2.21. The molecule has 2 heterocycles. The van der Waals surface area contributed by atoms with Crippen LogP contribution >= 0.6 is 0 Å². The van der Waals surface area contributed by atoms with Crippen LogP contribution in [0.5, 0.6) is 0 Å². The van der Waals surface area contributed by atoms with E-state index in [1.54, 1.807) is 17.0 Å². The molecule has 0 amide bonds. The van der Waals surface area contributed by atoms with E-state index in [0.29, 0.717) is 5.65 Å². The van der Waals surface area contributed by atoms with Gasteiger partial charge in [0, 0.05) is 24.2 Å². The number of rotatable bonds is 5. The van der Waals surface area contributed by atoms with Gasteiger partial charge in [0.05, 0.1) is 7.11 Å². The quantitative estimate of drug-likeness (QED) is 0.806. The molecule has 2 rings (SSSR count). The van der Waals surface area contributed by atoms with E-state index in [2.05, 4.69) is 14.7 Å². The number of carbonyl (C=O) groups is 2. The molecule has 0 fully saturated rings. The molecule has 1 unspecified atom stereocenters. The number of hydrogen-bond donors (Lipinski definition) is 1. The summed E-state index contributed by atoms with van der Waals surface area (Å²) in [4.78, 5) is 31.8. The molecule has 0 radical (unpaired) electrons. The van der Waals surface area contributed by atoms with Crippen molar-refractivity contribution in [3.63, 3.8) is 0 Å². The van der Waals surface area contributed by atoms with Gasteiger partial charge >= 0.3 is 11.9 Å². The zero-order valence-corrected chi connectivity index (χ0v) is 14.3. The van der Waals surface area contributed by atoms with Gasteiger partial charge in [0.2, 0.25) is 0 Å². The van der Waals surface area contributed by atoms with Crippen molar-refractivity contribution in [1.82, 2.24) is 14.5 Å². The average molecular weight is 334 g/mol. The van der Waals surface area contributed by atoms with Crippen LogP contribution in [0.25, 0.3) is 11.0 Å². The van der Waals surface area contributed by atoms with E-state index in [1.807, 2.05) is 20.8 Å². The Bertz CT molecular complexity index is 748. The van der Waals surface area contributed by atoms with Gasteiger partial charge in [-0.3, -0.25) is 9.59 Å². The smallest absolute Gasteiger partial charge is 0.326 e. The summed E-state index contributed by atoms with van der Waals surface area (Å²) in [5, 5.41) is 0.736. The molecule has 2 aromatic heterocycles. The van der Waals surface area contributed by atoms with Crippen LogP contribution in [-0.2, 0) is 32.0 Å². The minimum atomic E-state index is -0.796. The van der Waals surface area contributed by atoms with Crippen LogP contribution in [0, 0.1) is 0 Å². The van der Waals surface area contributed by atoms with Crippen LogP contribution in [0.4, 0.5) is 0 Å². The van der Waals surface area contributed by atoms with Crippen molar-refractivity contribution in [2.24, 2.45) is 5.73 Å². The third-order valence-electron chi connectivity index (χ3n) is 3.28. The molecule has 130 valence electrons. The second-order valence-electron chi connectivity index (χ2n) is 6.46. The van der Waals surface area contributed by atoms with Crippen molar-refractivity contribution in [2.75, 3.05) is 7.11 Å². The zero-order chi connectivity index (χ0) is 17.9. The SMILES string of the molecule is COC(=O)C(N)Cc1cn(CC(=O)OC(C)(C)C)c2ncncc12. The first kappa shape index (κ1) is 17.9. The molecule has 0 aliphatic carbocycles. The summed E-state index contributed by atoms with van der Waals surface area (Å²) in [6.45, 7) is 5.43. The van der Waals surface area contributed by atoms with E-state index in [-0.39, 0.29) is 18.9 Å². The van der Waals surface area contributed by atoms with Crippen LogP contribution in [0.2, 0.25) is 0 Å². The van der Waals surface area contributed by atoms with E-state index in [9.17, 15) is 9.59 Å². The molecule has 0 bridgehead atoms. The molecule has 0 saturated heterocycles. The van der Waals surface area contributed by atoms with E-state index in [4.69, 9.17) is 10.5 Å². The Morgan fingerprint density at radius 1 is 1.38 bits per heavy atom. The second kappa shape index (κ2) is 6.96. The molecule has 8 heteroatoms. The predicted molar refractivity (Wildman–Crippen MR) is 87.1 cm³/mol. The van der Waals surface area contributed by atoms with Gasteiger partial charge in [0.1, 0.15) is 30.2 Å². The topological polar surface area (TPSA) is 109 Å². The normalized spacial score (nSPS) is 12.9. The van der Waals surface area contributed by atoms with Gasteiger partial charge in [-0.15, -0.1) is 0 Å². The Kier molecular flexibility index (Phi) is 5.18. The summed E-state index contributed by atoms with van der Waals surface area (Å²) in [5.74, 6) is -0.873. The van der Waals surface area contributed by atoms with Crippen molar-refractivity contribution < 1.29 is 19.1 Å². The molecule has 0 saturated carbocycles. The molecule has 1 atom stereocenters. The van der Waals surface area contributed by atoms with Crippen molar-refractivity contribution in [3.8, 4) is 0 Å². The lowest BCUT2D eigenvalue weighted by molar-refractivity contribution is -0.155. The predicted octanol–water partition coefficient (Wildman–Crippen LogP) is 0.816. The lowest BCUT2D eigenvalue weighted by Crippen LogP contribution is -2.33. The van der Waals surface area contributed by atoms with Crippen LogP contribution in [0.1, 0.15) is 26.3 Å². The van der Waals surface area contributed by atoms with Crippen molar-refractivity contribution in [1.29, 1.82) is 0 Å². The first-order chi connectivity index (χ1) is 11.2. The minimum Gasteiger partial charge on any atom is -0.468 e.